The minimum atomic E-state index is -2.98. The topological polar surface area (TPSA) is 117 Å². The molecule has 2 aromatic rings. The number of halogens is 2. The molecule has 1 saturated heterocycles. The number of carbonyl (C=O) groups excluding carboxylic acids is 4. The van der Waals surface area contributed by atoms with Gasteiger partial charge in [0.2, 0.25) is 11.8 Å². The molecule has 0 saturated carbocycles. The number of hydrogen-bond acceptors (Lipinski definition) is 5. The standard InChI is InChI=1S/C23H22F2N4O5/c1-12-2-5-15(9-18(12)34-22(24)25)27-23(33)26-10-13-3-4-14-11-29(21(32)16(14)8-13)17-6-7-19(30)28-20(17)31/h2-5,8-9,17,22H,6-7,10-11H2,1H3,(H2,26,27,33)(H,28,30,31). The maximum Gasteiger partial charge on any atom is 0.387 e. The van der Waals surface area contributed by atoms with Crippen molar-refractivity contribution in [1.82, 2.24) is 15.5 Å². The van der Waals surface area contributed by atoms with E-state index in [9.17, 15) is 28.0 Å². The largest absolute Gasteiger partial charge is 0.434 e. The molecule has 3 N–H and O–H groups in total. The van der Waals surface area contributed by atoms with Crippen molar-refractivity contribution in [2.75, 3.05) is 5.32 Å². The second-order valence-corrected chi connectivity index (χ2v) is 8.06. The summed E-state index contributed by atoms with van der Waals surface area (Å²) >= 11 is 0. The summed E-state index contributed by atoms with van der Waals surface area (Å²) in [5.41, 5.74) is 2.65. The second kappa shape index (κ2) is 9.46. The molecule has 2 aromatic carbocycles. The summed E-state index contributed by atoms with van der Waals surface area (Å²) in [6.07, 6.45) is 0.458. The lowest BCUT2D eigenvalue weighted by Gasteiger charge is -2.29. The van der Waals surface area contributed by atoms with Crippen LogP contribution in [0.15, 0.2) is 36.4 Å². The Morgan fingerprint density at radius 1 is 1.21 bits per heavy atom. The predicted octanol–water partition coefficient (Wildman–Crippen LogP) is 2.68. The van der Waals surface area contributed by atoms with E-state index in [-0.39, 0.29) is 49.2 Å². The van der Waals surface area contributed by atoms with Crippen LogP contribution in [0.2, 0.25) is 0 Å². The minimum Gasteiger partial charge on any atom is -0.434 e. The van der Waals surface area contributed by atoms with Gasteiger partial charge in [-0.2, -0.15) is 8.78 Å². The minimum absolute atomic E-state index is 0.0366. The molecule has 2 aliphatic rings. The van der Waals surface area contributed by atoms with Gasteiger partial charge in [0.05, 0.1) is 0 Å². The quantitative estimate of drug-likeness (QED) is 0.559. The van der Waals surface area contributed by atoms with E-state index < -0.39 is 24.6 Å². The predicted molar refractivity (Wildman–Crippen MR) is 116 cm³/mol. The fraction of sp³-hybridized carbons (Fsp3) is 0.304. The van der Waals surface area contributed by atoms with Crippen molar-refractivity contribution in [3.8, 4) is 5.75 Å². The summed E-state index contributed by atoms with van der Waals surface area (Å²) in [6.45, 7) is -0.989. The Morgan fingerprint density at radius 2 is 2.00 bits per heavy atom. The Balaban J connectivity index is 1.37. The third-order valence-electron chi connectivity index (χ3n) is 5.71. The molecular formula is C23H22F2N4O5. The number of hydrogen-bond donors (Lipinski definition) is 3. The maximum atomic E-state index is 12.9. The molecule has 178 valence electrons. The molecule has 2 aliphatic heterocycles. The molecule has 2 heterocycles. The summed E-state index contributed by atoms with van der Waals surface area (Å²) in [4.78, 5) is 50.1. The average molecular weight is 472 g/mol. The number of benzene rings is 2. The van der Waals surface area contributed by atoms with Gasteiger partial charge in [-0.05, 0) is 42.2 Å². The summed E-state index contributed by atoms with van der Waals surface area (Å²) in [5, 5.41) is 7.46. The molecule has 0 radical (unpaired) electrons. The zero-order valence-corrected chi connectivity index (χ0v) is 18.2. The van der Waals surface area contributed by atoms with Gasteiger partial charge in [-0.25, -0.2) is 4.79 Å². The first kappa shape index (κ1) is 23.1. The van der Waals surface area contributed by atoms with Crippen LogP contribution in [-0.2, 0) is 22.7 Å². The van der Waals surface area contributed by atoms with Crippen LogP contribution in [0.25, 0.3) is 0 Å². The number of anilines is 1. The summed E-state index contributed by atoms with van der Waals surface area (Å²) < 4.78 is 29.4. The molecule has 11 heteroatoms. The number of urea groups is 1. The molecule has 1 unspecified atom stereocenters. The van der Waals surface area contributed by atoms with Crippen LogP contribution in [0.3, 0.4) is 0 Å². The smallest absolute Gasteiger partial charge is 0.387 e. The lowest BCUT2D eigenvalue weighted by Crippen LogP contribution is -2.52. The fourth-order valence-corrected chi connectivity index (χ4v) is 3.97. The maximum absolute atomic E-state index is 12.9. The summed E-state index contributed by atoms with van der Waals surface area (Å²) in [5.74, 6) is -1.16. The Bertz CT molecular complexity index is 1170. The van der Waals surface area contributed by atoms with Crippen LogP contribution in [0.5, 0.6) is 5.75 Å². The number of carbonyl (C=O) groups is 4. The Labute approximate surface area is 193 Å². The van der Waals surface area contributed by atoms with E-state index in [0.29, 0.717) is 16.7 Å². The zero-order valence-electron chi connectivity index (χ0n) is 18.2. The first-order valence-electron chi connectivity index (χ1n) is 10.6. The van der Waals surface area contributed by atoms with Crippen molar-refractivity contribution < 1.29 is 32.7 Å². The molecule has 0 spiro atoms. The van der Waals surface area contributed by atoms with Gasteiger partial charge in [-0.1, -0.05) is 18.2 Å². The normalized spacial score (nSPS) is 17.5. The van der Waals surface area contributed by atoms with E-state index >= 15 is 0 Å². The number of nitrogens with zero attached hydrogens (tertiary/aromatic N) is 1. The Morgan fingerprint density at radius 3 is 2.74 bits per heavy atom. The van der Waals surface area contributed by atoms with Crippen molar-refractivity contribution in [1.29, 1.82) is 0 Å². The second-order valence-electron chi connectivity index (χ2n) is 8.06. The number of rotatable bonds is 6. The number of alkyl halides is 2. The van der Waals surface area contributed by atoms with Gasteiger partial charge in [0.25, 0.3) is 5.91 Å². The Kier molecular flexibility index (Phi) is 6.44. The first-order chi connectivity index (χ1) is 16.2. The molecular weight excluding hydrogens is 450 g/mol. The summed E-state index contributed by atoms with van der Waals surface area (Å²) in [7, 11) is 0. The third kappa shape index (κ3) is 4.98. The van der Waals surface area contributed by atoms with Crippen LogP contribution in [0.4, 0.5) is 19.3 Å². The lowest BCUT2D eigenvalue weighted by atomic mass is 10.0. The molecule has 0 bridgehead atoms. The van der Waals surface area contributed by atoms with E-state index in [1.807, 2.05) is 0 Å². The highest BCUT2D eigenvalue weighted by atomic mass is 19.3. The number of amides is 5. The SMILES string of the molecule is Cc1ccc(NC(=O)NCc2ccc3c(c2)C(=O)N(C2CCC(=O)NC2=O)C3)cc1OC(F)F. The van der Waals surface area contributed by atoms with Gasteiger partial charge in [-0.15, -0.1) is 0 Å². The van der Waals surface area contributed by atoms with E-state index in [1.165, 1.54) is 11.0 Å². The van der Waals surface area contributed by atoms with Crippen LogP contribution in [0, 0.1) is 6.92 Å². The molecule has 1 fully saturated rings. The molecule has 1 atom stereocenters. The monoisotopic (exact) mass is 472 g/mol. The van der Waals surface area contributed by atoms with E-state index in [1.54, 1.807) is 37.3 Å². The number of aryl methyl sites for hydroxylation is 1. The van der Waals surface area contributed by atoms with Crippen LogP contribution >= 0.6 is 0 Å². The third-order valence-corrected chi connectivity index (χ3v) is 5.71. The first-order valence-corrected chi connectivity index (χ1v) is 10.6. The van der Waals surface area contributed by atoms with Gasteiger partial charge in [0, 0.05) is 36.8 Å². The zero-order chi connectivity index (χ0) is 24.4. The van der Waals surface area contributed by atoms with E-state index in [4.69, 9.17) is 0 Å². The van der Waals surface area contributed by atoms with Crippen molar-refractivity contribution in [3.63, 3.8) is 0 Å². The summed E-state index contributed by atoms with van der Waals surface area (Å²) in [6, 6.07) is 8.34. The molecule has 5 amide bonds. The Hall–Kier alpha value is -4.02. The molecule has 0 aliphatic carbocycles. The highest BCUT2D eigenvalue weighted by Crippen LogP contribution is 2.28. The van der Waals surface area contributed by atoms with E-state index in [0.717, 1.165) is 5.56 Å². The number of piperidine rings is 1. The highest BCUT2D eigenvalue weighted by molar-refractivity contribution is 6.05. The number of imide groups is 1. The average Bonchev–Trinajstić information content (AvgIpc) is 3.10. The molecule has 34 heavy (non-hydrogen) atoms. The number of ether oxygens (including phenoxy) is 1. The van der Waals surface area contributed by atoms with Gasteiger partial charge < -0.3 is 20.3 Å². The van der Waals surface area contributed by atoms with Crippen LogP contribution < -0.4 is 20.7 Å². The van der Waals surface area contributed by atoms with Gasteiger partial charge in [0.15, 0.2) is 0 Å². The van der Waals surface area contributed by atoms with Crippen LogP contribution in [-0.4, -0.2) is 41.3 Å². The number of fused-ring (bicyclic) bond motifs is 1. The van der Waals surface area contributed by atoms with Gasteiger partial charge >= 0.3 is 12.6 Å². The van der Waals surface area contributed by atoms with Crippen molar-refractivity contribution in [2.24, 2.45) is 0 Å². The van der Waals surface area contributed by atoms with Crippen molar-refractivity contribution in [2.45, 2.75) is 45.5 Å². The molecule has 4 rings (SSSR count). The van der Waals surface area contributed by atoms with Crippen LogP contribution in [0.1, 0.15) is 39.9 Å². The highest BCUT2D eigenvalue weighted by Gasteiger charge is 2.39. The van der Waals surface area contributed by atoms with Gasteiger partial charge in [-0.3, -0.25) is 19.7 Å². The van der Waals surface area contributed by atoms with E-state index in [2.05, 4.69) is 20.7 Å². The lowest BCUT2D eigenvalue weighted by molar-refractivity contribution is -0.136. The van der Waals surface area contributed by atoms with Crippen molar-refractivity contribution >= 4 is 29.4 Å². The molecule has 9 nitrogen and oxygen atoms in total. The van der Waals surface area contributed by atoms with Crippen molar-refractivity contribution in [3.05, 3.63) is 58.7 Å². The molecule has 0 aromatic heterocycles. The van der Waals surface area contributed by atoms with Gasteiger partial charge in [0.1, 0.15) is 11.8 Å². The number of nitrogens with one attached hydrogen (secondary N) is 3. The fourth-order valence-electron chi connectivity index (χ4n) is 3.97.